The van der Waals surface area contributed by atoms with E-state index in [4.69, 9.17) is 4.74 Å². The van der Waals surface area contributed by atoms with Crippen molar-refractivity contribution in [1.29, 1.82) is 0 Å². The van der Waals surface area contributed by atoms with Crippen LogP contribution in [0.1, 0.15) is 35.6 Å². The van der Waals surface area contributed by atoms with Gasteiger partial charge in [-0.2, -0.15) is 0 Å². The van der Waals surface area contributed by atoms with Crippen molar-refractivity contribution in [3.63, 3.8) is 0 Å². The first-order chi connectivity index (χ1) is 8.77. The fourth-order valence-corrected chi connectivity index (χ4v) is 3.21. The lowest BCUT2D eigenvalue weighted by Crippen LogP contribution is -2.33. The zero-order chi connectivity index (χ0) is 12.5. The van der Waals surface area contributed by atoms with Crippen LogP contribution in [0.15, 0.2) is 12.1 Å². The molecule has 0 aliphatic carbocycles. The van der Waals surface area contributed by atoms with E-state index in [1.807, 2.05) is 13.0 Å². The molecular formula is C15H21NO2. The molecule has 0 radical (unpaired) electrons. The molecule has 2 N–H and O–H groups in total. The summed E-state index contributed by atoms with van der Waals surface area (Å²) in [6.07, 6.45) is 3.35. The molecule has 1 aromatic rings. The summed E-state index contributed by atoms with van der Waals surface area (Å²) in [7, 11) is 0. The molecule has 0 saturated carbocycles. The highest BCUT2D eigenvalue weighted by Gasteiger charge is 2.31. The van der Waals surface area contributed by atoms with Gasteiger partial charge in [-0.15, -0.1) is 0 Å². The molecule has 1 saturated heterocycles. The molecule has 2 aliphatic heterocycles. The van der Waals surface area contributed by atoms with Crippen LogP contribution in [0.4, 0.5) is 0 Å². The third-order valence-corrected chi connectivity index (χ3v) is 4.29. The van der Waals surface area contributed by atoms with Crippen LogP contribution in [0.3, 0.4) is 0 Å². The SMILES string of the molecule is Cc1ccc2c(c1O)CCOC2C1CCNCC1. The topological polar surface area (TPSA) is 41.5 Å². The van der Waals surface area contributed by atoms with Crippen LogP contribution in [0.5, 0.6) is 5.75 Å². The van der Waals surface area contributed by atoms with Gasteiger partial charge in [-0.25, -0.2) is 0 Å². The largest absolute Gasteiger partial charge is 0.507 e. The van der Waals surface area contributed by atoms with E-state index in [1.165, 1.54) is 18.4 Å². The van der Waals surface area contributed by atoms with E-state index in [1.54, 1.807) is 0 Å². The minimum atomic E-state index is 0.183. The number of phenols is 1. The molecule has 0 spiro atoms. The molecule has 3 nitrogen and oxygen atoms in total. The fourth-order valence-electron chi connectivity index (χ4n) is 3.21. The molecule has 0 bridgehead atoms. The van der Waals surface area contributed by atoms with Crippen molar-refractivity contribution in [2.45, 2.75) is 32.3 Å². The Balaban J connectivity index is 1.94. The smallest absolute Gasteiger partial charge is 0.122 e. The molecule has 98 valence electrons. The molecule has 3 heteroatoms. The lowest BCUT2D eigenvalue weighted by atomic mass is 9.83. The summed E-state index contributed by atoms with van der Waals surface area (Å²) in [5.74, 6) is 1.07. The highest BCUT2D eigenvalue weighted by Crippen LogP contribution is 2.40. The van der Waals surface area contributed by atoms with Gasteiger partial charge in [0.2, 0.25) is 0 Å². The third kappa shape index (κ3) is 2.02. The maximum absolute atomic E-state index is 10.2. The molecule has 2 heterocycles. The number of hydrogen-bond acceptors (Lipinski definition) is 3. The highest BCUT2D eigenvalue weighted by atomic mass is 16.5. The Morgan fingerprint density at radius 2 is 2.06 bits per heavy atom. The van der Waals surface area contributed by atoms with Crippen LogP contribution in [0, 0.1) is 12.8 Å². The quantitative estimate of drug-likeness (QED) is 0.800. The number of hydrogen-bond donors (Lipinski definition) is 2. The number of piperidine rings is 1. The van der Waals surface area contributed by atoms with Crippen molar-refractivity contribution in [3.05, 3.63) is 28.8 Å². The van der Waals surface area contributed by atoms with Crippen LogP contribution < -0.4 is 5.32 Å². The monoisotopic (exact) mass is 247 g/mol. The van der Waals surface area contributed by atoms with Crippen LogP contribution in [0.2, 0.25) is 0 Å². The molecule has 1 unspecified atom stereocenters. The third-order valence-electron chi connectivity index (χ3n) is 4.29. The molecule has 18 heavy (non-hydrogen) atoms. The Kier molecular flexibility index (Phi) is 3.27. The molecule has 1 atom stereocenters. The van der Waals surface area contributed by atoms with Crippen LogP contribution in [0.25, 0.3) is 0 Å². The van der Waals surface area contributed by atoms with Crippen LogP contribution in [-0.2, 0) is 11.2 Å². The second-order valence-electron chi connectivity index (χ2n) is 5.43. The molecular weight excluding hydrogens is 226 g/mol. The second-order valence-corrected chi connectivity index (χ2v) is 5.43. The first kappa shape index (κ1) is 12.0. The minimum Gasteiger partial charge on any atom is -0.507 e. The summed E-state index contributed by atoms with van der Waals surface area (Å²) < 4.78 is 6.00. The molecule has 0 amide bonds. The Hall–Kier alpha value is -1.06. The van der Waals surface area contributed by atoms with E-state index in [0.29, 0.717) is 11.7 Å². The number of rotatable bonds is 1. The van der Waals surface area contributed by atoms with Crippen molar-refractivity contribution < 1.29 is 9.84 Å². The van der Waals surface area contributed by atoms with Gasteiger partial charge in [0.1, 0.15) is 5.75 Å². The fraction of sp³-hybridized carbons (Fsp3) is 0.600. The average Bonchev–Trinajstić information content (AvgIpc) is 2.43. The minimum absolute atomic E-state index is 0.183. The van der Waals surface area contributed by atoms with Crippen molar-refractivity contribution in [2.24, 2.45) is 5.92 Å². The summed E-state index contributed by atoms with van der Waals surface area (Å²) >= 11 is 0. The number of ether oxygens (including phenoxy) is 1. The van der Waals surface area contributed by atoms with Gasteiger partial charge in [0, 0.05) is 5.56 Å². The predicted molar refractivity (Wildman–Crippen MR) is 70.8 cm³/mol. The van der Waals surface area contributed by atoms with Gasteiger partial charge in [0.05, 0.1) is 12.7 Å². The van der Waals surface area contributed by atoms with E-state index in [0.717, 1.165) is 37.2 Å². The maximum atomic E-state index is 10.2. The average molecular weight is 247 g/mol. The Bertz CT molecular complexity index is 438. The first-order valence-electron chi connectivity index (χ1n) is 6.91. The number of nitrogens with one attached hydrogen (secondary N) is 1. The van der Waals surface area contributed by atoms with Crippen LogP contribution in [-0.4, -0.2) is 24.8 Å². The summed E-state index contributed by atoms with van der Waals surface area (Å²) in [4.78, 5) is 0. The lowest BCUT2D eigenvalue weighted by molar-refractivity contribution is -0.00865. The Labute approximate surface area is 108 Å². The second kappa shape index (κ2) is 4.90. The van der Waals surface area contributed by atoms with Crippen LogP contribution >= 0.6 is 0 Å². The van der Waals surface area contributed by atoms with E-state index >= 15 is 0 Å². The van der Waals surface area contributed by atoms with Gasteiger partial charge in [0.25, 0.3) is 0 Å². The van der Waals surface area contributed by atoms with E-state index in [2.05, 4.69) is 11.4 Å². The van der Waals surface area contributed by atoms with Crippen molar-refractivity contribution in [3.8, 4) is 5.75 Å². The van der Waals surface area contributed by atoms with Gasteiger partial charge in [0.15, 0.2) is 0 Å². The van der Waals surface area contributed by atoms with Gasteiger partial charge < -0.3 is 15.2 Å². The Morgan fingerprint density at radius 3 is 2.83 bits per heavy atom. The highest BCUT2D eigenvalue weighted by molar-refractivity contribution is 5.47. The number of aromatic hydroxyl groups is 1. The molecule has 1 fully saturated rings. The summed E-state index contributed by atoms with van der Waals surface area (Å²) in [5.41, 5.74) is 3.31. The predicted octanol–water partition coefficient (Wildman–Crippen LogP) is 2.31. The molecule has 1 aromatic carbocycles. The maximum Gasteiger partial charge on any atom is 0.122 e. The molecule has 2 aliphatic rings. The normalized spacial score (nSPS) is 24.8. The van der Waals surface area contributed by atoms with Gasteiger partial charge >= 0.3 is 0 Å². The number of phenolic OH excluding ortho intramolecular Hbond substituents is 1. The van der Waals surface area contributed by atoms with Gasteiger partial charge in [-0.05, 0) is 56.3 Å². The number of fused-ring (bicyclic) bond motifs is 1. The van der Waals surface area contributed by atoms with E-state index in [9.17, 15) is 5.11 Å². The zero-order valence-electron chi connectivity index (χ0n) is 10.9. The van der Waals surface area contributed by atoms with Gasteiger partial charge in [-0.1, -0.05) is 12.1 Å². The lowest BCUT2D eigenvalue weighted by Gasteiger charge is -2.35. The van der Waals surface area contributed by atoms with Crippen molar-refractivity contribution in [1.82, 2.24) is 5.32 Å². The standard InChI is InChI=1S/C15H21NO2/c1-10-2-3-13-12(14(10)17)6-9-18-15(13)11-4-7-16-8-5-11/h2-3,11,15-17H,4-9H2,1H3. The summed E-state index contributed by atoms with van der Waals surface area (Å²) in [5, 5.41) is 13.6. The van der Waals surface area contributed by atoms with Crippen molar-refractivity contribution in [2.75, 3.05) is 19.7 Å². The van der Waals surface area contributed by atoms with E-state index in [-0.39, 0.29) is 6.10 Å². The van der Waals surface area contributed by atoms with E-state index < -0.39 is 0 Å². The molecule has 0 aromatic heterocycles. The van der Waals surface area contributed by atoms with Crippen molar-refractivity contribution >= 4 is 0 Å². The summed E-state index contributed by atoms with van der Waals surface area (Å²) in [6.45, 7) is 4.86. The Morgan fingerprint density at radius 1 is 1.28 bits per heavy atom. The number of benzene rings is 1. The van der Waals surface area contributed by atoms with Gasteiger partial charge in [-0.3, -0.25) is 0 Å². The summed E-state index contributed by atoms with van der Waals surface area (Å²) in [6, 6.07) is 4.16. The molecule has 3 rings (SSSR count). The zero-order valence-corrected chi connectivity index (χ0v) is 10.9. The number of aryl methyl sites for hydroxylation is 1. The first-order valence-corrected chi connectivity index (χ1v) is 6.91.